The van der Waals surface area contributed by atoms with Gasteiger partial charge in [0.1, 0.15) is 5.78 Å². The summed E-state index contributed by atoms with van der Waals surface area (Å²) < 4.78 is 10.7. The van der Waals surface area contributed by atoms with Crippen LogP contribution in [-0.4, -0.2) is 48.0 Å². The van der Waals surface area contributed by atoms with Crippen LogP contribution in [0.1, 0.15) is 47.6 Å². The molecule has 0 bridgehead atoms. The Bertz CT molecular complexity index is 1820. The summed E-state index contributed by atoms with van der Waals surface area (Å²) in [5.74, 6) is 0.0561. The number of aliphatic hydroxyl groups excluding tert-OH is 1. The number of aliphatic hydroxyl groups is 1. The number of nitrogens with one attached hydrogen (secondary N) is 1. The third-order valence-corrected chi connectivity index (χ3v) is 9.25. The number of rotatable bonds is 18. The first-order valence-electron chi connectivity index (χ1n) is 17.0. The molecule has 0 aliphatic carbocycles. The van der Waals surface area contributed by atoms with Crippen molar-refractivity contribution in [2.75, 3.05) is 20.8 Å². The molecule has 0 spiro atoms. The normalized spacial score (nSPS) is 13.2. The first-order chi connectivity index (χ1) is 23.8. The van der Waals surface area contributed by atoms with Gasteiger partial charge < -0.3 is 35.1 Å². The Labute approximate surface area is 288 Å². The molecular weight excluding hydrogens is 616 g/mol. The molecule has 49 heavy (non-hydrogen) atoms. The van der Waals surface area contributed by atoms with E-state index in [0.717, 1.165) is 52.5 Å². The third-order valence-electron chi connectivity index (χ3n) is 9.25. The molecule has 4 N–H and O–H groups in total. The largest absolute Gasteiger partial charge is 0.670 e. The van der Waals surface area contributed by atoms with Crippen LogP contribution in [0.3, 0.4) is 0 Å². The molecule has 0 fully saturated rings. The first kappa shape index (κ1) is 35.5. The number of phenolic OH excluding ortho intramolecular Hbond substituents is 2. The highest BCUT2D eigenvalue weighted by Gasteiger charge is 2.28. The standard InChI is InChI=1S/C41H47N2O6/c1-4-15-42-26-32-7-5-6-31-11-8-27(21-35(31)32)17-33(18-28-9-12-36(44)40(22-28)48-2)38(46)24-39(47)34(20-30-14-16-43-25-30)19-29-10-13-37(45)41(23-29)49-3/h5-14,16,21-23,25,33-34,39,42,44-45,47H,4,15,17-20,24,26H2,1-3H3/q-1/t33-,34-,39+/m0/s1. The molecule has 0 saturated heterocycles. The van der Waals surface area contributed by atoms with Crippen molar-refractivity contribution < 1.29 is 29.6 Å². The highest BCUT2D eigenvalue weighted by molar-refractivity contribution is 5.87. The zero-order valence-corrected chi connectivity index (χ0v) is 28.6. The molecule has 4 aromatic carbocycles. The highest BCUT2D eigenvalue weighted by Crippen LogP contribution is 2.32. The molecule has 3 atom stereocenters. The van der Waals surface area contributed by atoms with Gasteiger partial charge in [-0.25, -0.2) is 0 Å². The smallest absolute Gasteiger partial charge is 0.160 e. The minimum absolute atomic E-state index is 0.0202. The fourth-order valence-electron chi connectivity index (χ4n) is 6.56. The SMILES string of the molecule is CCCNCc1cccc2ccc(C[C@@H](Cc3ccc(O)c(OC)c3)C(=O)C[C@@H](O)[C@H](Cc3cc[n-]c3)Cc3ccc(O)c(OC)c3)cc12. The number of fused-ring (bicyclic) bond motifs is 1. The predicted molar refractivity (Wildman–Crippen MR) is 192 cm³/mol. The summed E-state index contributed by atoms with van der Waals surface area (Å²) in [5.41, 5.74) is 4.99. The average Bonchev–Trinajstić information content (AvgIpc) is 3.62. The van der Waals surface area contributed by atoms with Crippen molar-refractivity contribution in [3.63, 3.8) is 0 Å². The summed E-state index contributed by atoms with van der Waals surface area (Å²) in [6.45, 7) is 3.86. The number of Topliss-reactive ketones (excluding diaryl/α,β-unsaturated/α-hetero) is 1. The number of benzene rings is 4. The van der Waals surface area contributed by atoms with Crippen LogP contribution in [0.4, 0.5) is 0 Å². The van der Waals surface area contributed by atoms with Crippen molar-refractivity contribution in [2.24, 2.45) is 11.8 Å². The molecule has 5 rings (SSSR count). The van der Waals surface area contributed by atoms with Gasteiger partial charge in [0, 0.05) is 18.9 Å². The third kappa shape index (κ3) is 9.43. The van der Waals surface area contributed by atoms with Crippen LogP contribution in [0.25, 0.3) is 10.8 Å². The Kier molecular flexibility index (Phi) is 12.4. The Morgan fingerprint density at radius 2 is 1.43 bits per heavy atom. The lowest BCUT2D eigenvalue weighted by molar-refractivity contribution is -0.125. The fourth-order valence-corrected chi connectivity index (χ4v) is 6.56. The number of methoxy groups -OCH3 is 2. The molecule has 0 saturated carbocycles. The van der Waals surface area contributed by atoms with E-state index in [1.165, 1.54) is 19.8 Å². The van der Waals surface area contributed by atoms with Gasteiger partial charge in [-0.2, -0.15) is 12.4 Å². The number of carbonyl (C=O) groups excluding carboxylic acids is 1. The fraction of sp³-hybridized carbons (Fsp3) is 0.341. The van der Waals surface area contributed by atoms with E-state index < -0.39 is 12.0 Å². The van der Waals surface area contributed by atoms with Gasteiger partial charge in [-0.3, -0.25) is 4.79 Å². The summed E-state index contributed by atoms with van der Waals surface area (Å²) in [6.07, 6.45) is 5.56. The molecule has 0 aliphatic rings. The summed E-state index contributed by atoms with van der Waals surface area (Å²) in [7, 11) is 3.01. The van der Waals surface area contributed by atoms with Gasteiger partial charge in [0.15, 0.2) is 23.0 Å². The number of aromatic nitrogens is 1. The van der Waals surface area contributed by atoms with Crippen molar-refractivity contribution in [3.8, 4) is 23.0 Å². The minimum atomic E-state index is -0.924. The molecule has 5 aromatic rings. The minimum Gasteiger partial charge on any atom is -0.670 e. The molecule has 1 heterocycles. The zero-order valence-electron chi connectivity index (χ0n) is 28.6. The molecule has 0 amide bonds. The van der Waals surface area contributed by atoms with Crippen LogP contribution >= 0.6 is 0 Å². The van der Waals surface area contributed by atoms with Crippen molar-refractivity contribution in [1.29, 1.82) is 0 Å². The lowest BCUT2D eigenvalue weighted by Crippen LogP contribution is -2.31. The van der Waals surface area contributed by atoms with E-state index in [-0.39, 0.29) is 29.6 Å². The van der Waals surface area contributed by atoms with Crippen LogP contribution < -0.4 is 19.8 Å². The van der Waals surface area contributed by atoms with Gasteiger partial charge >= 0.3 is 0 Å². The second-order valence-electron chi connectivity index (χ2n) is 12.8. The second-order valence-corrected chi connectivity index (χ2v) is 12.8. The van der Waals surface area contributed by atoms with Gasteiger partial charge in [-0.1, -0.05) is 67.1 Å². The van der Waals surface area contributed by atoms with Gasteiger partial charge in [0.2, 0.25) is 0 Å². The van der Waals surface area contributed by atoms with E-state index in [1.807, 2.05) is 18.2 Å². The van der Waals surface area contributed by atoms with Gasteiger partial charge in [0.05, 0.1) is 20.3 Å². The molecule has 0 radical (unpaired) electrons. The average molecular weight is 664 g/mol. The lowest BCUT2D eigenvalue weighted by atomic mass is 9.82. The summed E-state index contributed by atoms with van der Waals surface area (Å²) in [5, 5.41) is 37.9. The number of ketones is 1. The van der Waals surface area contributed by atoms with Crippen molar-refractivity contribution in [3.05, 3.63) is 119 Å². The first-order valence-corrected chi connectivity index (χ1v) is 17.0. The molecule has 8 nitrogen and oxygen atoms in total. The van der Waals surface area contributed by atoms with Crippen LogP contribution in [0.15, 0.2) is 91.3 Å². The molecule has 8 heteroatoms. The maximum absolute atomic E-state index is 14.3. The number of aromatic hydroxyl groups is 2. The molecule has 0 aliphatic heterocycles. The van der Waals surface area contributed by atoms with Crippen LogP contribution in [-0.2, 0) is 37.0 Å². The summed E-state index contributed by atoms with van der Waals surface area (Å²) in [4.78, 5) is 18.5. The maximum atomic E-state index is 14.3. The number of phenols is 2. The molecule has 258 valence electrons. The van der Waals surface area contributed by atoms with Crippen molar-refractivity contribution >= 4 is 16.6 Å². The number of nitrogens with zero attached hydrogens (tertiary/aromatic N) is 1. The second kappa shape index (κ2) is 17.0. The van der Waals surface area contributed by atoms with E-state index in [1.54, 1.807) is 36.7 Å². The number of carbonyl (C=O) groups is 1. The Morgan fingerprint density at radius 3 is 2.06 bits per heavy atom. The van der Waals surface area contributed by atoms with Crippen molar-refractivity contribution in [2.45, 2.75) is 58.1 Å². The van der Waals surface area contributed by atoms with Crippen LogP contribution in [0.5, 0.6) is 23.0 Å². The zero-order chi connectivity index (χ0) is 34.8. The lowest BCUT2D eigenvalue weighted by Gasteiger charge is -2.25. The number of hydrogen-bond acceptors (Lipinski definition) is 7. The monoisotopic (exact) mass is 663 g/mol. The highest BCUT2D eigenvalue weighted by atomic mass is 16.5. The molecule has 0 unspecified atom stereocenters. The Morgan fingerprint density at radius 1 is 0.796 bits per heavy atom. The maximum Gasteiger partial charge on any atom is 0.160 e. The molecular formula is C41H47N2O6-. The predicted octanol–water partition coefficient (Wildman–Crippen LogP) is 6.55. The van der Waals surface area contributed by atoms with Gasteiger partial charge in [-0.05, 0) is 102 Å². The van der Waals surface area contributed by atoms with Crippen molar-refractivity contribution in [1.82, 2.24) is 10.3 Å². The number of ether oxygens (including phenoxy) is 2. The summed E-state index contributed by atoms with van der Waals surface area (Å²) >= 11 is 0. The molecule has 1 aromatic heterocycles. The van der Waals surface area contributed by atoms with Crippen LogP contribution in [0, 0.1) is 11.8 Å². The van der Waals surface area contributed by atoms with E-state index >= 15 is 0 Å². The van der Waals surface area contributed by atoms with E-state index in [2.05, 4.69) is 53.6 Å². The van der Waals surface area contributed by atoms with Gasteiger partial charge in [0.25, 0.3) is 0 Å². The van der Waals surface area contributed by atoms with Gasteiger partial charge in [-0.15, -0.1) is 0 Å². The Balaban J connectivity index is 1.42. The topological polar surface area (TPSA) is 122 Å². The van der Waals surface area contributed by atoms with E-state index in [0.29, 0.717) is 37.2 Å². The van der Waals surface area contributed by atoms with E-state index in [9.17, 15) is 20.1 Å². The number of hydrogen-bond donors (Lipinski definition) is 4. The summed E-state index contributed by atoms with van der Waals surface area (Å²) in [6, 6.07) is 25.0. The quantitative estimate of drug-likeness (QED) is 0.0780. The Hall–Kier alpha value is -4.79. The van der Waals surface area contributed by atoms with E-state index in [4.69, 9.17) is 9.47 Å². The van der Waals surface area contributed by atoms with Crippen LogP contribution in [0.2, 0.25) is 0 Å².